The Hall–Kier alpha value is -1.69. The molecule has 3 atom stereocenters. The van der Waals surface area contributed by atoms with Gasteiger partial charge in [-0.1, -0.05) is 6.08 Å². The molecule has 15 heteroatoms. The van der Waals surface area contributed by atoms with E-state index < -0.39 is 53.2 Å². The Bertz CT molecular complexity index is 739. The van der Waals surface area contributed by atoms with Crippen LogP contribution in [0.2, 0.25) is 0 Å². The van der Waals surface area contributed by atoms with Gasteiger partial charge >= 0.3 is 37.2 Å². The van der Waals surface area contributed by atoms with E-state index in [-0.39, 0.29) is 26.8 Å². The number of rotatable bonds is 7. The number of carboxylic acid groups (broad SMARTS) is 1. The van der Waals surface area contributed by atoms with Gasteiger partial charge in [-0.2, -0.15) is 18.2 Å². The average Bonchev–Trinajstić information content (AvgIpc) is 2.71. The van der Waals surface area contributed by atoms with Crippen LogP contribution in [0.4, 0.5) is 9.18 Å². The van der Waals surface area contributed by atoms with Crippen LogP contribution in [0.15, 0.2) is 11.6 Å². The molecule has 2 bridgehead atoms. The molecule has 12 nitrogen and oxygen atoms in total. The summed E-state index contributed by atoms with van der Waals surface area (Å²) < 4.78 is 36.6. The molecule has 2 aliphatic rings. The maximum atomic E-state index is 13.2. The molecule has 0 radical (unpaired) electrons. The van der Waals surface area contributed by atoms with Gasteiger partial charge in [0.25, 0.3) is 10.2 Å². The number of nitrogens with one attached hydrogen (secondary N) is 2. The standard InChI is InChI=1S/C11H16FN5O7S.Li.H/c1-5-2-6-3-16(11(21)17(6)24-8(12)10(19)20)7(5)9(18)14-4-15-25(13,22)23;;/h2,6-8,15H,3-4H2,1H3,(H,14,18)(H,19,20)(H2,13,22,23);;/q;+1;-1/t6-,7+,8-;;/m1../s1. The Kier molecular flexibility index (Phi) is 7.16. The van der Waals surface area contributed by atoms with Crippen LogP contribution in [0.1, 0.15) is 8.35 Å². The number of aliphatic carboxylic acids is 1. The third-order valence-electron chi connectivity index (χ3n) is 3.50. The van der Waals surface area contributed by atoms with Gasteiger partial charge in [0.15, 0.2) is 0 Å². The van der Waals surface area contributed by atoms with Crippen molar-refractivity contribution in [3.63, 3.8) is 0 Å². The molecule has 0 aromatic carbocycles. The van der Waals surface area contributed by atoms with Crippen molar-refractivity contribution in [2.45, 2.75) is 25.4 Å². The van der Waals surface area contributed by atoms with Gasteiger partial charge in [-0.3, -0.25) is 4.79 Å². The zero-order valence-electron chi connectivity index (χ0n) is 14.9. The molecule has 0 spiro atoms. The fourth-order valence-corrected chi connectivity index (χ4v) is 2.81. The Morgan fingerprint density at radius 1 is 1.58 bits per heavy atom. The summed E-state index contributed by atoms with van der Waals surface area (Å²) in [6, 6.07) is -2.72. The van der Waals surface area contributed by atoms with Crippen molar-refractivity contribution in [3.8, 4) is 0 Å². The van der Waals surface area contributed by atoms with Crippen LogP contribution < -0.4 is 34.0 Å². The van der Waals surface area contributed by atoms with Gasteiger partial charge in [-0.15, -0.1) is 0 Å². The number of carbonyl (C=O) groups excluding carboxylic acids is 2. The van der Waals surface area contributed by atoms with Crippen molar-refractivity contribution >= 4 is 28.1 Å². The SMILES string of the molecule is CC1=C[C@@H]2CN(C(=O)N2O[C@@H](F)C(=O)O)[C@@H]1C(=O)NCNS(N)(=O)=O.[H-].[Li+]. The van der Waals surface area contributed by atoms with E-state index in [9.17, 15) is 27.2 Å². The van der Waals surface area contributed by atoms with Crippen molar-refractivity contribution in [3.05, 3.63) is 11.6 Å². The second-order valence-electron chi connectivity index (χ2n) is 5.31. The minimum atomic E-state index is -4.00. The molecule has 2 rings (SSSR count). The molecule has 2 heterocycles. The zero-order chi connectivity index (χ0) is 18.9. The maximum absolute atomic E-state index is 13.2. The number of hydroxylamine groups is 2. The summed E-state index contributed by atoms with van der Waals surface area (Å²) in [4.78, 5) is 40.6. The van der Waals surface area contributed by atoms with Crippen LogP contribution >= 0.6 is 0 Å². The van der Waals surface area contributed by atoms with Crippen LogP contribution in [0.25, 0.3) is 0 Å². The van der Waals surface area contributed by atoms with Crippen molar-refractivity contribution in [1.82, 2.24) is 20.0 Å². The molecule has 2 aliphatic heterocycles. The number of hydrogen-bond donors (Lipinski definition) is 4. The van der Waals surface area contributed by atoms with Gasteiger partial charge in [-0.05, 0) is 12.5 Å². The maximum Gasteiger partial charge on any atom is 1.00 e. The first-order chi connectivity index (χ1) is 11.5. The number of halogens is 1. The molecule has 0 aromatic rings. The second-order valence-corrected chi connectivity index (χ2v) is 6.69. The Morgan fingerprint density at radius 3 is 2.73 bits per heavy atom. The van der Waals surface area contributed by atoms with E-state index in [0.29, 0.717) is 10.6 Å². The van der Waals surface area contributed by atoms with E-state index in [1.54, 1.807) is 0 Å². The largest absolute Gasteiger partial charge is 1.00 e. The van der Waals surface area contributed by atoms with Crippen molar-refractivity contribution < 1.29 is 57.4 Å². The molecule has 5 N–H and O–H groups in total. The smallest absolute Gasteiger partial charge is 1.00 e. The van der Waals surface area contributed by atoms with Crippen LogP contribution in [0.3, 0.4) is 0 Å². The summed E-state index contributed by atoms with van der Waals surface area (Å²) >= 11 is 0. The molecule has 0 aliphatic carbocycles. The number of urea groups is 1. The third-order valence-corrected chi connectivity index (χ3v) is 4.05. The molecule has 3 amide bonds. The van der Waals surface area contributed by atoms with E-state index >= 15 is 0 Å². The first-order valence-corrected chi connectivity index (χ1v) is 8.43. The van der Waals surface area contributed by atoms with Gasteiger partial charge in [0.05, 0.1) is 19.3 Å². The number of carboxylic acids is 1. The number of amides is 3. The molecule has 142 valence electrons. The first kappa shape index (κ1) is 22.3. The Labute approximate surface area is 161 Å². The monoisotopic (exact) mass is 389 g/mol. The minimum absolute atomic E-state index is 0. The van der Waals surface area contributed by atoms with E-state index in [1.165, 1.54) is 13.0 Å². The predicted molar refractivity (Wildman–Crippen MR) is 79.3 cm³/mol. The summed E-state index contributed by atoms with van der Waals surface area (Å²) in [7, 11) is -4.00. The summed E-state index contributed by atoms with van der Waals surface area (Å²) in [6.07, 6.45) is -1.27. The number of carbonyl (C=O) groups is 3. The fourth-order valence-electron chi connectivity index (χ4n) is 2.54. The molecular weight excluding hydrogens is 372 g/mol. The van der Waals surface area contributed by atoms with E-state index in [2.05, 4.69) is 10.2 Å². The van der Waals surface area contributed by atoms with E-state index in [4.69, 9.17) is 10.2 Å². The summed E-state index contributed by atoms with van der Waals surface area (Å²) in [6.45, 7) is 1.03. The number of alkyl halides is 1. The Morgan fingerprint density at radius 2 is 2.19 bits per heavy atom. The Balaban J connectivity index is 0.00000338. The van der Waals surface area contributed by atoms with Gasteiger partial charge in [0, 0.05) is 0 Å². The predicted octanol–water partition coefficient (Wildman–Crippen LogP) is -5.28. The summed E-state index contributed by atoms with van der Waals surface area (Å²) in [5, 5.41) is 16.1. The summed E-state index contributed by atoms with van der Waals surface area (Å²) in [5.74, 6) is -2.60. The van der Waals surface area contributed by atoms with Crippen molar-refractivity contribution in [2.24, 2.45) is 5.14 Å². The average molecular weight is 389 g/mol. The van der Waals surface area contributed by atoms with Gasteiger partial charge in [0.1, 0.15) is 6.04 Å². The van der Waals surface area contributed by atoms with Gasteiger partial charge in [-0.25, -0.2) is 24.0 Å². The normalized spacial score (nSPS) is 23.2. The molecule has 1 saturated heterocycles. The van der Waals surface area contributed by atoms with Crippen molar-refractivity contribution in [2.75, 3.05) is 13.2 Å². The van der Waals surface area contributed by atoms with Gasteiger partial charge in [0.2, 0.25) is 5.91 Å². The van der Waals surface area contributed by atoms with Crippen LogP contribution in [0.5, 0.6) is 0 Å². The summed E-state index contributed by atoms with van der Waals surface area (Å²) in [5.41, 5.74) is 0.425. The third kappa shape index (κ3) is 4.93. The van der Waals surface area contributed by atoms with E-state index in [1.807, 2.05) is 4.72 Å². The second kappa shape index (κ2) is 8.33. The van der Waals surface area contributed by atoms with Crippen LogP contribution in [-0.2, 0) is 24.6 Å². The van der Waals surface area contributed by atoms with Crippen molar-refractivity contribution in [1.29, 1.82) is 0 Å². The molecule has 1 fully saturated rings. The van der Waals surface area contributed by atoms with Crippen LogP contribution in [-0.4, -0.2) is 73.0 Å². The number of nitrogens with two attached hydrogens (primary N) is 1. The van der Waals surface area contributed by atoms with Crippen LogP contribution in [0, 0.1) is 0 Å². The van der Waals surface area contributed by atoms with Gasteiger partial charge < -0.3 is 16.7 Å². The fraction of sp³-hybridized carbons (Fsp3) is 0.545. The number of nitrogens with zero attached hydrogens (tertiary/aromatic N) is 2. The first-order valence-electron chi connectivity index (χ1n) is 6.88. The zero-order valence-corrected chi connectivity index (χ0v) is 14.7. The molecular formula is C11H17FLiN5O7S. The molecule has 0 unspecified atom stereocenters. The quantitative estimate of drug-likeness (QED) is 0.191. The molecule has 0 aromatic heterocycles. The minimum Gasteiger partial charge on any atom is -1.00 e. The molecule has 26 heavy (non-hydrogen) atoms. The van der Waals surface area contributed by atoms with E-state index in [0.717, 1.165) is 4.90 Å². The molecule has 0 saturated carbocycles. The number of hydrogen-bond acceptors (Lipinski definition) is 6. The topological polar surface area (TPSA) is 171 Å². The number of fused-ring (bicyclic) bond motifs is 2.